The normalized spacial score (nSPS) is 15.1. The zero-order valence-corrected chi connectivity index (χ0v) is 15.6. The van der Waals surface area contributed by atoms with Gasteiger partial charge in [0, 0.05) is 38.9 Å². The van der Waals surface area contributed by atoms with Crippen molar-refractivity contribution in [3.63, 3.8) is 0 Å². The fourth-order valence-electron chi connectivity index (χ4n) is 3.24. The smallest absolute Gasteiger partial charge is 0.341 e. The minimum Gasteiger partial charge on any atom is -0.477 e. The summed E-state index contributed by atoms with van der Waals surface area (Å²) in [5.41, 5.74) is -2.91. The molecule has 0 unspecified atom stereocenters. The summed E-state index contributed by atoms with van der Waals surface area (Å²) in [7, 11) is 1.87. The second kappa shape index (κ2) is 7.77. The van der Waals surface area contributed by atoms with E-state index in [1.165, 1.54) is 4.90 Å². The second-order valence-electron chi connectivity index (χ2n) is 6.27. The molecular weight excluding hydrogens is 387 g/mol. The van der Waals surface area contributed by atoms with Crippen LogP contribution in [0.1, 0.15) is 17.3 Å². The van der Waals surface area contributed by atoms with Gasteiger partial charge in [-0.05, 0) is 14.0 Å². The highest BCUT2D eigenvalue weighted by Gasteiger charge is 2.30. The van der Waals surface area contributed by atoms with Crippen molar-refractivity contribution in [2.24, 2.45) is 0 Å². The van der Waals surface area contributed by atoms with Gasteiger partial charge in [-0.3, -0.25) is 4.79 Å². The number of likely N-dealkylation sites (N-methyl/N-ethyl adjacent to an activating group) is 1. The lowest BCUT2D eigenvalue weighted by Crippen LogP contribution is -2.45. The molecular formula is C17H19ClF3N3O3. The molecule has 1 N–H and O–H groups in total. The fraction of sp³-hybridized carbons (Fsp3) is 0.412. The van der Waals surface area contributed by atoms with Gasteiger partial charge in [-0.2, -0.15) is 0 Å². The van der Waals surface area contributed by atoms with Crippen molar-refractivity contribution in [3.05, 3.63) is 39.4 Å². The number of pyridine rings is 1. The van der Waals surface area contributed by atoms with Crippen molar-refractivity contribution in [1.29, 1.82) is 0 Å². The molecule has 0 spiro atoms. The van der Waals surface area contributed by atoms with Gasteiger partial charge in [-0.25, -0.2) is 18.0 Å². The van der Waals surface area contributed by atoms with Crippen LogP contribution in [0.5, 0.6) is 0 Å². The van der Waals surface area contributed by atoms with Crippen LogP contribution in [0.3, 0.4) is 0 Å². The Bertz CT molecular complexity index is 956. The van der Waals surface area contributed by atoms with Crippen molar-refractivity contribution >= 4 is 35.0 Å². The Morgan fingerprint density at radius 3 is 2.22 bits per heavy atom. The average Bonchev–Trinajstić information content (AvgIpc) is 2.60. The first-order valence-electron chi connectivity index (χ1n) is 8.18. The quantitative estimate of drug-likeness (QED) is 0.794. The predicted molar refractivity (Wildman–Crippen MR) is 97.7 cm³/mol. The molecule has 27 heavy (non-hydrogen) atoms. The monoisotopic (exact) mass is 405 g/mol. The number of carboxylic acid groups (broad SMARTS) is 1. The number of aromatic carboxylic acids is 1. The van der Waals surface area contributed by atoms with Crippen LogP contribution < -0.4 is 10.3 Å². The Hall–Kier alpha value is -2.26. The van der Waals surface area contributed by atoms with Gasteiger partial charge in [0.1, 0.15) is 11.3 Å². The van der Waals surface area contributed by atoms with E-state index in [1.807, 2.05) is 11.9 Å². The molecule has 1 fully saturated rings. The number of anilines is 1. The summed E-state index contributed by atoms with van der Waals surface area (Å²) in [5.74, 6) is -5.63. The minimum atomic E-state index is -1.58. The van der Waals surface area contributed by atoms with E-state index in [1.54, 1.807) is 6.92 Å². The number of piperazine rings is 1. The average molecular weight is 406 g/mol. The number of hydrogen-bond acceptors (Lipinski definition) is 4. The maximum Gasteiger partial charge on any atom is 0.341 e. The third-order valence-corrected chi connectivity index (χ3v) is 4.71. The molecule has 148 valence electrons. The first-order chi connectivity index (χ1) is 12.3. The van der Waals surface area contributed by atoms with Crippen molar-refractivity contribution in [3.8, 4) is 0 Å². The number of benzene rings is 1. The lowest BCUT2D eigenvalue weighted by Gasteiger charge is -2.34. The molecule has 0 aliphatic carbocycles. The van der Waals surface area contributed by atoms with Crippen LogP contribution in [-0.4, -0.2) is 53.8 Å². The van der Waals surface area contributed by atoms with Gasteiger partial charge in [0.2, 0.25) is 5.43 Å². The molecule has 2 aromatic rings. The van der Waals surface area contributed by atoms with Crippen molar-refractivity contribution in [1.82, 2.24) is 9.47 Å². The summed E-state index contributed by atoms with van der Waals surface area (Å²) in [6, 6.07) is 0. The lowest BCUT2D eigenvalue weighted by molar-refractivity contribution is 0.0695. The Morgan fingerprint density at radius 2 is 1.70 bits per heavy atom. The zero-order valence-electron chi connectivity index (χ0n) is 14.8. The number of carboxylic acids is 1. The summed E-state index contributed by atoms with van der Waals surface area (Å²) in [4.78, 5) is 26.9. The summed E-state index contributed by atoms with van der Waals surface area (Å²) >= 11 is 0. The molecule has 10 heteroatoms. The predicted octanol–water partition coefficient (Wildman–Crippen LogP) is 2.31. The Balaban J connectivity index is 0.00000261. The molecule has 1 aliphatic heterocycles. The van der Waals surface area contributed by atoms with Crippen LogP contribution in [0.2, 0.25) is 0 Å². The van der Waals surface area contributed by atoms with Crippen LogP contribution in [0, 0.1) is 17.5 Å². The molecule has 1 aromatic heterocycles. The van der Waals surface area contributed by atoms with E-state index in [-0.39, 0.29) is 19.0 Å². The van der Waals surface area contributed by atoms with E-state index in [9.17, 15) is 18.4 Å². The number of aryl methyl sites for hydroxylation is 1. The SMILES string of the molecule is CCn1cc(C(=O)O)c(=O)c2c(F)c(F)c(N3CCN(C)CC3)c(F)c21.Cl. The van der Waals surface area contributed by atoms with Crippen molar-refractivity contribution in [2.45, 2.75) is 13.5 Å². The topological polar surface area (TPSA) is 65.8 Å². The molecule has 1 saturated heterocycles. The standard InChI is InChI=1S/C17H18F3N3O3.ClH/c1-3-22-8-9(17(25)26)16(24)10-11(18)12(19)15(13(20)14(10)22)23-6-4-21(2)5-7-23;/h8H,3-7H2,1-2H3,(H,25,26);1H. The summed E-state index contributed by atoms with van der Waals surface area (Å²) in [6.45, 7) is 3.39. The molecule has 6 nitrogen and oxygen atoms in total. The highest BCUT2D eigenvalue weighted by Crippen LogP contribution is 2.33. The third-order valence-electron chi connectivity index (χ3n) is 4.71. The number of hydrogen-bond donors (Lipinski definition) is 1. The Morgan fingerprint density at radius 1 is 1.11 bits per heavy atom. The molecule has 0 saturated carbocycles. The van der Waals surface area contributed by atoms with Crippen LogP contribution in [-0.2, 0) is 6.54 Å². The van der Waals surface area contributed by atoms with Crippen molar-refractivity contribution in [2.75, 3.05) is 38.1 Å². The van der Waals surface area contributed by atoms with Crippen LogP contribution in [0.15, 0.2) is 11.0 Å². The van der Waals surface area contributed by atoms with Gasteiger partial charge < -0.3 is 19.5 Å². The Labute approximate surface area is 159 Å². The summed E-state index contributed by atoms with van der Waals surface area (Å²) in [6.07, 6.45) is 0.960. The number of nitrogens with zero attached hydrogens (tertiary/aromatic N) is 3. The number of rotatable bonds is 3. The van der Waals surface area contributed by atoms with Gasteiger partial charge in [0.05, 0.1) is 10.9 Å². The Kier molecular flexibility index (Phi) is 6.06. The maximum atomic E-state index is 15.2. The van der Waals surface area contributed by atoms with E-state index < -0.39 is 51.0 Å². The van der Waals surface area contributed by atoms with Gasteiger partial charge in [0.25, 0.3) is 0 Å². The highest BCUT2D eigenvalue weighted by molar-refractivity contribution is 5.94. The van der Waals surface area contributed by atoms with Gasteiger partial charge in [0.15, 0.2) is 17.5 Å². The fourth-order valence-corrected chi connectivity index (χ4v) is 3.24. The largest absolute Gasteiger partial charge is 0.477 e. The molecule has 0 atom stereocenters. The third kappa shape index (κ3) is 3.37. The molecule has 0 bridgehead atoms. The number of fused-ring (bicyclic) bond motifs is 1. The first-order valence-corrected chi connectivity index (χ1v) is 8.18. The minimum absolute atomic E-state index is 0. The first kappa shape index (κ1) is 21.0. The lowest BCUT2D eigenvalue weighted by atomic mass is 10.1. The molecule has 2 heterocycles. The van der Waals surface area contributed by atoms with E-state index >= 15 is 4.39 Å². The number of carbonyl (C=O) groups is 1. The van der Waals surface area contributed by atoms with Gasteiger partial charge >= 0.3 is 5.97 Å². The van der Waals surface area contributed by atoms with E-state index in [2.05, 4.69) is 0 Å². The van der Waals surface area contributed by atoms with Gasteiger partial charge in [-0.1, -0.05) is 0 Å². The van der Waals surface area contributed by atoms with Crippen LogP contribution in [0.25, 0.3) is 10.9 Å². The maximum absolute atomic E-state index is 15.2. The highest BCUT2D eigenvalue weighted by atomic mass is 35.5. The molecule has 0 amide bonds. The van der Waals surface area contributed by atoms with Gasteiger partial charge in [-0.15, -0.1) is 12.4 Å². The van der Waals surface area contributed by atoms with E-state index in [4.69, 9.17) is 5.11 Å². The second-order valence-corrected chi connectivity index (χ2v) is 6.27. The summed E-state index contributed by atoms with van der Waals surface area (Å²) < 4.78 is 45.7. The molecule has 3 rings (SSSR count). The number of halogens is 4. The zero-order chi connectivity index (χ0) is 19.2. The van der Waals surface area contributed by atoms with Crippen molar-refractivity contribution < 1.29 is 23.1 Å². The van der Waals surface area contributed by atoms with E-state index in [0.29, 0.717) is 26.2 Å². The van der Waals surface area contributed by atoms with Crippen LogP contribution >= 0.6 is 12.4 Å². The molecule has 1 aliphatic rings. The summed E-state index contributed by atoms with van der Waals surface area (Å²) in [5, 5.41) is 8.25. The van der Waals surface area contributed by atoms with Crippen LogP contribution in [0.4, 0.5) is 18.9 Å². The van der Waals surface area contributed by atoms with E-state index in [0.717, 1.165) is 10.8 Å². The number of aromatic nitrogens is 1. The molecule has 1 aromatic carbocycles. The molecule has 0 radical (unpaired) electrons.